The zero-order valence-electron chi connectivity index (χ0n) is 15.8. The average molecular weight is 344 g/mol. The van der Waals surface area contributed by atoms with Gasteiger partial charge in [-0.2, -0.15) is 0 Å². The summed E-state index contributed by atoms with van der Waals surface area (Å²) in [5.74, 6) is 0.544. The van der Waals surface area contributed by atoms with Crippen molar-refractivity contribution in [3.05, 3.63) is 35.9 Å². The van der Waals surface area contributed by atoms with Crippen molar-refractivity contribution in [3.63, 3.8) is 0 Å². The number of benzene rings is 1. The van der Waals surface area contributed by atoms with Crippen LogP contribution in [0.15, 0.2) is 30.3 Å². The molecule has 1 N–H and O–H groups in total. The standard InChI is InChI=1S/C21H32N2O2/c1-4-14-22-20(24)18-10-12-19(13-11-18)21(25)23(16(2)3)15-17-8-6-5-7-9-17/h5-9,16,18-19H,4,10-15H2,1-3H3,(H,22,24). The molecule has 0 aliphatic heterocycles. The van der Waals surface area contributed by atoms with Crippen LogP contribution in [-0.2, 0) is 16.1 Å². The third-order valence-electron chi connectivity index (χ3n) is 5.10. The second kappa shape index (κ2) is 9.59. The highest BCUT2D eigenvalue weighted by atomic mass is 16.2. The predicted molar refractivity (Wildman–Crippen MR) is 101 cm³/mol. The van der Waals surface area contributed by atoms with Crippen molar-refractivity contribution in [1.82, 2.24) is 10.2 Å². The van der Waals surface area contributed by atoms with Gasteiger partial charge in [0.05, 0.1) is 0 Å². The summed E-state index contributed by atoms with van der Waals surface area (Å²) in [7, 11) is 0. The van der Waals surface area contributed by atoms with Gasteiger partial charge in [-0.25, -0.2) is 0 Å². The molecule has 2 rings (SSSR count). The van der Waals surface area contributed by atoms with Crippen LogP contribution >= 0.6 is 0 Å². The molecule has 0 heterocycles. The lowest BCUT2D eigenvalue weighted by atomic mass is 9.80. The van der Waals surface area contributed by atoms with Gasteiger partial charge in [0, 0.05) is 31.0 Å². The van der Waals surface area contributed by atoms with E-state index in [0.717, 1.165) is 44.2 Å². The smallest absolute Gasteiger partial charge is 0.226 e. The normalized spacial score (nSPS) is 20.3. The summed E-state index contributed by atoms with van der Waals surface area (Å²) in [4.78, 5) is 27.1. The van der Waals surface area contributed by atoms with Crippen LogP contribution in [0.5, 0.6) is 0 Å². The van der Waals surface area contributed by atoms with Crippen molar-refractivity contribution in [2.45, 2.75) is 65.5 Å². The molecule has 0 saturated heterocycles. The summed E-state index contributed by atoms with van der Waals surface area (Å²) in [6.07, 6.45) is 4.25. The van der Waals surface area contributed by atoms with Gasteiger partial charge in [0.2, 0.25) is 11.8 Å². The van der Waals surface area contributed by atoms with Gasteiger partial charge in [0.15, 0.2) is 0 Å². The number of nitrogens with one attached hydrogen (secondary N) is 1. The molecule has 0 radical (unpaired) electrons. The van der Waals surface area contributed by atoms with Crippen LogP contribution in [0.2, 0.25) is 0 Å². The third-order valence-corrected chi connectivity index (χ3v) is 5.10. The van der Waals surface area contributed by atoms with E-state index in [1.807, 2.05) is 23.1 Å². The number of hydrogen-bond donors (Lipinski definition) is 1. The maximum Gasteiger partial charge on any atom is 0.226 e. The topological polar surface area (TPSA) is 49.4 Å². The minimum absolute atomic E-state index is 0.0568. The second-order valence-corrected chi connectivity index (χ2v) is 7.39. The summed E-state index contributed by atoms with van der Waals surface area (Å²) in [5.41, 5.74) is 1.16. The third kappa shape index (κ3) is 5.58. The number of carbonyl (C=O) groups is 2. The molecule has 1 fully saturated rings. The van der Waals surface area contributed by atoms with E-state index >= 15 is 0 Å². The summed E-state index contributed by atoms with van der Waals surface area (Å²) < 4.78 is 0. The van der Waals surface area contributed by atoms with Gasteiger partial charge >= 0.3 is 0 Å². The van der Waals surface area contributed by atoms with Gasteiger partial charge in [0.25, 0.3) is 0 Å². The van der Waals surface area contributed by atoms with Crippen molar-refractivity contribution in [2.24, 2.45) is 11.8 Å². The molecule has 25 heavy (non-hydrogen) atoms. The van der Waals surface area contributed by atoms with Crippen LogP contribution in [0, 0.1) is 11.8 Å². The number of nitrogens with zero attached hydrogens (tertiary/aromatic N) is 1. The first-order valence-corrected chi connectivity index (χ1v) is 9.65. The molecule has 4 nitrogen and oxygen atoms in total. The molecule has 4 heteroatoms. The average Bonchev–Trinajstić information content (AvgIpc) is 2.64. The van der Waals surface area contributed by atoms with E-state index in [1.54, 1.807) is 0 Å². The van der Waals surface area contributed by atoms with Crippen LogP contribution < -0.4 is 5.32 Å². The molecule has 0 atom stereocenters. The zero-order valence-corrected chi connectivity index (χ0v) is 15.8. The molecule has 1 saturated carbocycles. The SMILES string of the molecule is CCCNC(=O)C1CCC(C(=O)N(Cc2ccccc2)C(C)C)CC1. The quantitative estimate of drug-likeness (QED) is 0.819. The van der Waals surface area contributed by atoms with E-state index in [4.69, 9.17) is 0 Å². The van der Waals surface area contributed by atoms with E-state index in [0.29, 0.717) is 6.54 Å². The lowest BCUT2D eigenvalue weighted by Crippen LogP contribution is -2.42. The number of hydrogen-bond acceptors (Lipinski definition) is 2. The van der Waals surface area contributed by atoms with E-state index in [9.17, 15) is 9.59 Å². The molecular formula is C21H32N2O2. The Labute approximate surface area is 152 Å². The summed E-state index contributed by atoms with van der Waals surface area (Å²) >= 11 is 0. The first-order valence-electron chi connectivity index (χ1n) is 9.65. The Morgan fingerprint density at radius 1 is 1.08 bits per heavy atom. The zero-order chi connectivity index (χ0) is 18.2. The van der Waals surface area contributed by atoms with Crippen molar-refractivity contribution >= 4 is 11.8 Å². The van der Waals surface area contributed by atoms with Gasteiger partial charge in [-0.05, 0) is 51.5 Å². The Hall–Kier alpha value is -1.84. The number of carbonyl (C=O) groups excluding carboxylic acids is 2. The predicted octanol–water partition coefficient (Wildman–Crippen LogP) is 3.76. The Balaban J connectivity index is 1.91. The maximum absolute atomic E-state index is 13.0. The van der Waals surface area contributed by atoms with Gasteiger partial charge in [-0.1, -0.05) is 37.3 Å². The number of amides is 2. The van der Waals surface area contributed by atoms with Gasteiger partial charge < -0.3 is 10.2 Å². The van der Waals surface area contributed by atoms with E-state index < -0.39 is 0 Å². The second-order valence-electron chi connectivity index (χ2n) is 7.39. The first-order chi connectivity index (χ1) is 12.0. The fourth-order valence-electron chi connectivity index (χ4n) is 3.52. The molecule has 1 aromatic rings. The van der Waals surface area contributed by atoms with E-state index in [1.165, 1.54) is 0 Å². The Morgan fingerprint density at radius 3 is 2.24 bits per heavy atom. The van der Waals surface area contributed by atoms with Gasteiger partial charge in [-0.15, -0.1) is 0 Å². The summed E-state index contributed by atoms with van der Waals surface area (Å²) in [5, 5.41) is 2.99. The van der Waals surface area contributed by atoms with Crippen molar-refractivity contribution in [2.75, 3.05) is 6.54 Å². The molecule has 1 aromatic carbocycles. The summed E-state index contributed by atoms with van der Waals surface area (Å²) in [6, 6.07) is 10.3. The molecular weight excluding hydrogens is 312 g/mol. The lowest BCUT2D eigenvalue weighted by Gasteiger charge is -2.34. The minimum Gasteiger partial charge on any atom is -0.356 e. The fraction of sp³-hybridized carbons (Fsp3) is 0.619. The Bertz CT molecular complexity index is 548. The van der Waals surface area contributed by atoms with Crippen molar-refractivity contribution < 1.29 is 9.59 Å². The van der Waals surface area contributed by atoms with Crippen LogP contribution in [-0.4, -0.2) is 29.3 Å². The highest BCUT2D eigenvalue weighted by molar-refractivity contribution is 5.81. The number of rotatable bonds is 7. The first kappa shape index (κ1) is 19.5. The van der Waals surface area contributed by atoms with E-state index in [2.05, 4.69) is 38.2 Å². The van der Waals surface area contributed by atoms with Gasteiger partial charge in [-0.3, -0.25) is 9.59 Å². The molecule has 0 aromatic heterocycles. The van der Waals surface area contributed by atoms with Crippen molar-refractivity contribution in [3.8, 4) is 0 Å². The molecule has 138 valence electrons. The molecule has 1 aliphatic rings. The largest absolute Gasteiger partial charge is 0.356 e. The lowest BCUT2D eigenvalue weighted by molar-refractivity contribution is -0.140. The molecule has 0 unspecified atom stereocenters. The maximum atomic E-state index is 13.0. The van der Waals surface area contributed by atoms with Crippen LogP contribution in [0.4, 0.5) is 0 Å². The molecule has 0 spiro atoms. The Kier molecular flexibility index (Phi) is 7.48. The van der Waals surface area contributed by atoms with E-state index in [-0.39, 0.29) is 29.7 Å². The minimum atomic E-state index is 0.0568. The van der Waals surface area contributed by atoms with Crippen LogP contribution in [0.1, 0.15) is 58.4 Å². The molecule has 1 aliphatic carbocycles. The van der Waals surface area contributed by atoms with Gasteiger partial charge in [0.1, 0.15) is 0 Å². The monoisotopic (exact) mass is 344 g/mol. The van der Waals surface area contributed by atoms with Crippen LogP contribution in [0.3, 0.4) is 0 Å². The molecule has 2 amide bonds. The fourth-order valence-corrected chi connectivity index (χ4v) is 3.52. The summed E-state index contributed by atoms with van der Waals surface area (Å²) in [6.45, 7) is 7.61. The molecule has 0 bridgehead atoms. The van der Waals surface area contributed by atoms with Crippen molar-refractivity contribution in [1.29, 1.82) is 0 Å². The van der Waals surface area contributed by atoms with Crippen LogP contribution in [0.25, 0.3) is 0 Å². The Morgan fingerprint density at radius 2 is 1.68 bits per heavy atom. The highest BCUT2D eigenvalue weighted by Crippen LogP contribution is 2.31. The highest BCUT2D eigenvalue weighted by Gasteiger charge is 2.32.